The van der Waals surface area contributed by atoms with Crippen molar-refractivity contribution in [3.63, 3.8) is 0 Å². The Kier molecular flexibility index (Phi) is 2.80. The number of aromatic nitrogens is 1. The van der Waals surface area contributed by atoms with Crippen molar-refractivity contribution in [2.75, 3.05) is 11.1 Å². The van der Waals surface area contributed by atoms with Crippen molar-refractivity contribution < 1.29 is 0 Å². The van der Waals surface area contributed by atoms with Crippen LogP contribution in [0, 0.1) is 6.92 Å². The number of hydrogen-bond acceptors (Lipinski definition) is 3. The van der Waals surface area contributed by atoms with E-state index in [1.807, 2.05) is 42.5 Å². The summed E-state index contributed by atoms with van der Waals surface area (Å²) in [5.74, 6) is 0.834. The number of nitrogen functional groups attached to an aromatic ring is 1. The molecule has 0 spiro atoms. The molecule has 1 heterocycles. The normalized spacial score (nSPS) is 10.6. The van der Waals surface area contributed by atoms with Gasteiger partial charge in [-0.2, -0.15) is 0 Å². The van der Waals surface area contributed by atoms with Crippen LogP contribution in [0.2, 0.25) is 0 Å². The van der Waals surface area contributed by atoms with E-state index in [1.54, 1.807) is 0 Å². The number of nitrogens with one attached hydrogen (secondary N) is 1. The second kappa shape index (κ2) is 4.61. The van der Waals surface area contributed by atoms with Crippen molar-refractivity contribution in [1.82, 2.24) is 4.98 Å². The van der Waals surface area contributed by atoms with Gasteiger partial charge in [-0.05, 0) is 49.4 Å². The molecule has 94 valence electrons. The summed E-state index contributed by atoms with van der Waals surface area (Å²) in [6.45, 7) is 2.07. The first-order chi connectivity index (χ1) is 9.20. The van der Waals surface area contributed by atoms with Gasteiger partial charge in [0, 0.05) is 16.8 Å². The van der Waals surface area contributed by atoms with Crippen LogP contribution in [-0.2, 0) is 0 Å². The zero-order valence-corrected chi connectivity index (χ0v) is 10.7. The average Bonchev–Trinajstić information content (AvgIpc) is 2.42. The van der Waals surface area contributed by atoms with Gasteiger partial charge in [-0.15, -0.1) is 0 Å². The molecule has 0 radical (unpaired) electrons. The quantitative estimate of drug-likeness (QED) is 0.678. The summed E-state index contributed by atoms with van der Waals surface area (Å²) < 4.78 is 0. The maximum atomic E-state index is 5.76. The topological polar surface area (TPSA) is 50.9 Å². The Hall–Kier alpha value is -2.55. The Balaban J connectivity index is 1.93. The lowest BCUT2D eigenvalue weighted by Gasteiger charge is -2.07. The summed E-state index contributed by atoms with van der Waals surface area (Å²) in [5.41, 5.74) is 9.73. The third-order valence-electron chi connectivity index (χ3n) is 3.04. The molecule has 0 unspecified atom stereocenters. The van der Waals surface area contributed by atoms with Crippen LogP contribution in [0.15, 0.2) is 54.6 Å². The van der Waals surface area contributed by atoms with Crippen molar-refractivity contribution in [2.24, 2.45) is 0 Å². The molecule has 0 atom stereocenters. The molecule has 0 bridgehead atoms. The van der Waals surface area contributed by atoms with E-state index in [9.17, 15) is 0 Å². The number of nitrogens with two attached hydrogens (primary N) is 1. The minimum absolute atomic E-state index is 0.758. The Morgan fingerprint density at radius 2 is 1.74 bits per heavy atom. The van der Waals surface area contributed by atoms with E-state index in [-0.39, 0.29) is 0 Å². The summed E-state index contributed by atoms with van der Waals surface area (Å²) in [6.07, 6.45) is 0. The van der Waals surface area contributed by atoms with Gasteiger partial charge in [0.15, 0.2) is 0 Å². The first kappa shape index (κ1) is 11.5. The molecule has 0 aliphatic carbocycles. The minimum Gasteiger partial charge on any atom is -0.399 e. The first-order valence-corrected chi connectivity index (χ1v) is 6.21. The number of nitrogens with zero attached hydrogens (tertiary/aromatic N) is 1. The molecular formula is C16H15N3. The molecule has 2 aromatic carbocycles. The van der Waals surface area contributed by atoms with E-state index in [2.05, 4.69) is 29.4 Å². The van der Waals surface area contributed by atoms with Crippen molar-refractivity contribution in [2.45, 2.75) is 6.92 Å². The van der Waals surface area contributed by atoms with Crippen LogP contribution in [0.3, 0.4) is 0 Å². The lowest BCUT2D eigenvalue weighted by atomic mass is 10.2. The molecule has 0 aliphatic heterocycles. The molecule has 1 aromatic heterocycles. The fourth-order valence-corrected chi connectivity index (χ4v) is 2.00. The summed E-state index contributed by atoms with van der Waals surface area (Å²) in [6, 6.07) is 18.0. The van der Waals surface area contributed by atoms with Crippen molar-refractivity contribution in [1.29, 1.82) is 0 Å². The largest absolute Gasteiger partial charge is 0.399 e. The molecule has 0 amide bonds. The molecule has 3 rings (SSSR count). The van der Waals surface area contributed by atoms with Crippen molar-refractivity contribution in [3.8, 4) is 0 Å². The zero-order valence-electron chi connectivity index (χ0n) is 10.7. The zero-order chi connectivity index (χ0) is 13.2. The molecule has 0 fully saturated rings. The predicted octanol–water partition coefficient (Wildman–Crippen LogP) is 3.87. The highest BCUT2D eigenvalue weighted by Crippen LogP contribution is 2.20. The second-order valence-corrected chi connectivity index (χ2v) is 4.64. The van der Waals surface area contributed by atoms with Gasteiger partial charge in [0.05, 0.1) is 5.52 Å². The Morgan fingerprint density at radius 1 is 0.947 bits per heavy atom. The van der Waals surface area contributed by atoms with Gasteiger partial charge >= 0.3 is 0 Å². The van der Waals surface area contributed by atoms with Crippen LogP contribution >= 0.6 is 0 Å². The Bertz CT molecular complexity index is 718. The first-order valence-electron chi connectivity index (χ1n) is 6.21. The van der Waals surface area contributed by atoms with Gasteiger partial charge in [0.25, 0.3) is 0 Å². The van der Waals surface area contributed by atoms with E-state index in [4.69, 9.17) is 5.73 Å². The number of anilines is 3. The van der Waals surface area contributed by atoms with Crippen LogP contribution in [0.4, 0.5) is 17.2 Å². The summed E-state index contributed by atoms with van der Waals surface area (Å²) in [7, 11) is 0. The van der Waals surface area contributed by atoms with Crippen LogP contribution in [0.1, 0.15) is 5.56 Å². The van der Waals surface area contributed by atoms with Crippen molar-refractivity contribution >= 4 is 28.1 Å². The van der Waals surface area contributed by atoms with Crippen LogP contribution in [0.5, 0.6) is 0 Å². The van der Waals surface area contributed by atoms with E-state index >= 15 is 0 Å². The summed E-state index contributed by atoms with van der Waals surface area (Å²) in [4.78, 5) is 4.57. The standard InChI is InChI=1S/C16H15N3/c1-11-2-6-14(7-3-11)18-16-9-4-12-10-13(17)5-8-15(12)19-16/h2-10H,17H2,1H3,(H,18,19). The number of fused-ring (bicyclic) bond motifs is 1. The van der Waals surface area contributed by atoms with E-state index in [1.165, 1.54) is 5.56 Å². The van der Waals surface area contributed by atoms with Crippen molar-refractivity contribution in [3.05, 3.63) is 60.2 Å². The van der Waals surface area contributed by atoms with Gasteiger partial charge in [-0.25, -0.2) is 4.98 Å². The highest BCUT2D eigenvalue weighted by Gasteiger charge is 1.99. The SMILES string of the molecule is Cc1ccc(Nc2ccc3cc(N)ccc3n2)cc1. The number of benzene rings is 2. The molecule has 3 heteroatoms. The number of aryl methyl sites for hydroxylation is 1. The third kappa shape index (κ3) is 2.50. The number of hydrogen-bond donors (Lipinski definition) is 2. The van der Waals surface area contributed by atoms with Gasteiger partial charge in [-0.3, -0.25) is 0 Å². The highest BCUT2D eigenvalue weighted by molar-refractivity contribution is 5.83. The van der Waals surface area contributed by atoms with Gasteiger partial charge in [0.1, 0.15) is 5.82 Å². The second-order valence-electron chi connectivity index (χ2n) is 4.64. The number of pyridine rings is 1. The Labute approximate surface area is 112 Å². The molecule has 3 N–H and O–H groups in total. The van der Waals surface area contributed by atoms with Crippen LogP contribution in [-0.4, -0.2) is 4.98 Å². The molecule has 0 saturated heterocycles. The molecular weight excluding hydrogens is 234 g/mol. The molecule has 3 nitrogen and oxygen atoms in total. The third-order valence-corrected chi connectivity index (χ3v) is 3.04. The van der Waals surface area contributed by atoms with Gasteiger partial charge in [0.2, 0.25) is 0 Å². The van der Waals surface area contributed by atoms with E-state index in [0.29, 0.717) is 0 Å². The van der Waals surface area contributed by atoms with E-state index in [0.717, 1.165) is 28.1 Å². The Morgan fingerprint density at radius 3 is 2.53 bits per heavy atom. The minimum atomic E-state index is 0.758. The molecule has 0 aliphatic rings. The molecule has 3 aromatic rings. The van der Waals surface area contributed by atoms with Crippen LogP contribution < -0.4 is 11.1 Å². The summed E-state index contributed by atoms with van der Waals surface area (Å²) >= 11 is 0. The summed E-state index contributed by atoms with van der Waals surface area (Å²) in [5, 5.41) is 4.35. The maximum Gasteiger partial charge on any atom is 0.131 e. The number of rotatable bonds is 2. The predicted molar refractivity (Wildman–Crippen MR) is 80.6 cm³/mol. The van der Waals surface area contributed by atoms with Crippen LogP contribution in [0.25, 0.3) is 10.9 Å². The maximum absolute atomic E-state index is 5.76. The monoisotopic (exact) mass is 249 g/mol. The van der Waals surface area contributed by atoms with Gasteiger partial charge in [-0.1, -0.05) is 17.7 Å². The molecule has 0 saturated carbocycles. The lowest BCUT2D eigenvalue weighted by molar-refractivity contribution is 1.36. The average molecular weight is 249 g/mol. The fourth-order valence-electron chi connectivity index (χ4n) is 2.00. The fraction of sp³-hybridized carbons (Fsp3) is 0.0625. The molecule has 19 heavy (non-hydrogen) atoms. The highest BCUT2D eigenvalue weighted by atomic mass is 15.0. The van der Waals surface area contributed by atoms with E-state index < -0.39 is 0 Å². The smallest absolute Gasteiger partial charge is 0.131 e. The van der Waals surface area contributed by atoms with Gasteiger partial charge < -0.3 is 11.1 Å². The lowest BCUT2D eigenvalue weighted by Crippen LogP contribution is -1.94.